The van der Waals surface area contributed by atoms with Crippen LogP contribution >= 0.6 is 0 Å². The van der Waals surface area contributed by atoms with Crippen LogP contribution in [0.25, 0.3) is 44.8 Å². The van der Waals surface area contributed by atoms with Crippen LogP contribution in [0.1, 0.15) is 40.0 Å². The molecular formula is C35H41N9O2. The van der Waals surface area contributed by atoms with Crippen LogP contribution in [-0.4, -0.2) is 107 Å². The molecule has 5 aromatic rings. The van der Waals surface area contributed by atoms with Crippen LogP contribution in [0.4, 0.5) is 0 Å². The van der Waals surface area contributed by atoms with Crippen LogP contribution in [0, 0.1) is 0 Å². The van der Waals surface area contributed by atoms with Gasteiger partial charge < -0.3 is 30.8 Å². The highest BCUT2D eigenvalue weighted by molar-refractivity contribution is 5.98. The first-order chi connectivity index (χ1) is 22.6. The summed E-state index contributed by atoms with van der Waals surface area (Å²) in [5.74, 6) is 1.33. The number of piperidine rings is 1. The third kappa shape index (κ3) is 6.96. The number of H-pyrrole nitrogens is 2. The molecule has 2 aliphatic heterocycles. The Morgan fingerprint density at radius 2 is 1.11 bits per heavy atom. The van der Waals surface area contributed by atoms with Gasteiger partial charge in [0.25, 0.3) is 11.8 Å². The van der Waals surface area contributed by atoms with Gasteiger partial charge >= 0.3 is 0 Å². The molecule has 2 aliphatic rings. The summed E-state index contributed by atoms with van der Waals surface area (Å²) in [6.07, 6.45) is 3.80. The molecule has 3 aromatic carbocycles. The van der Waals surface area contributed by atoms with Crippen molar-refractivity contribution in [3.05, 3.63) is 71.8 Å². The number of aromatic nitrogens is 4. The fourth-order valence-corrected chi connectivity index (χ4v) is 6.34. The van der Waals surface area contributed by atoms with Gasteiger partial charge in [-0.05, 0) is 62.3 Å². The van der Waals surface area contributed by atoms with E-state index in [1.54, 1.807) is 0 Å². The zero-order chi connectivity index (χ0) is 31.3. The number of amides is 2. The summed E-state index contributed by atoms with van der Waals surface area (Å²) in [7, 11) is 0. The van der Waals surface area contributed by atoms with Crippen LogP contribution in [0.5, 0.6) is 0 Å². The van der Waals surface area contributed by atoms with Gasteiger partial charge in [-0.3, -0.25) is 14.5 Å². The zero-order valence-corrected chi connectivity index (χ0v) is 26.1. The molecule has 0 unspecified atom stereocenters. The van der Waals surface area contributed by atoms with Gasteiger partial charge in [0.1, 0.15) is 11.6 Å². The molecule has 11 heteroatoms. The SMILES string of the molecule is O=C(NCCN1CCCCC1)c1ccc2nc(-c3ccc(-c4nc5ccc(C(=O)NCCN6CCNCC6)cc5[nH]4)cc3)[nH]c2c1. The Bertz CT molecular complexity index is 1680. The number of carbonyl (C=O) groups excluding carboxylic acids is 2. The summed E-state index contributed by atoms with van der Waals surface area (Å²) in [4.78, 5) is 46.6. The third-order valence-electron chi connectivity index (χ3n) is 9.01. The van der Waals surface area contributed by atoms with E-state index in [1.807, 2.05) is 60.7 Å². The second-order valence-corrected chi connectivity index (χ2v) is 12.2. The smallest absolute Gasteiger partial charge is 0.251 e. The Hall–Kier alpha value is -4.58. The second-order valence-electron chi connectivity index (χ2n) is 12.2. The van der Waals surface area contributed by atoms with E-state index in [0.717, 1.165) is 97.2 Å². The van der Waals surface area contributed by atoms with Crippen LogP contribution in [0.2, 0.25) is 0 Å². The molecule has 7 rings (SSSR count). The van der Waals surface area contributed by atoms with Crippen molar-refractivity contribution in [2.75, 3.05) is 65.4 Å². The Morgan fingerprint density at radius 1 is 0.630 bits per heavy atom. The van der Waals surface area contributed by atoms with Crippen LogP contribution < -0.4 is 16.0 Å². The molecule has 4 heterocycles. The number of imidazole rings is 2. The highest BCUT2D eigenvalue weighted by atomic mass is 16.2. The lowest BCUT2D eigenvalue weighted by molar-refractivity contribution is 0.0939. The largest absolute Gasteiger partial charge is 0.351 e. The van der Waals surface area contributed by atoms with Gasteiger partial charge in [-0.1, -0.05) is 30.7 Å². The summed E-state index contributed by atoms with van der Waals surface area (Å²) in [5, 5.41) is 9.45. The summed E-state index contributed by atoms with van der Waals surface area (Å²) in [6.45, 7) is 9.28. The first-order valence-electron chi connectivity index (χ1n) is 16.4. The van der Waals surface area contributed by atoms with Crippen molar-refractivity contribution >= 4 is 33.9 Å². The number of fused-ring (bicyclic) bond motifs is 2. The quantitative estimate of drug-likeness (QED) is 0.161. The number of hydrogen-bond donors (Lipinski definition) is 5. The number of likely N-dealkylation sites (tertiary alicyclic amines) is 1. The zero-order valence-electron chi connectivity index (χ0n) is 26.1. The minimum Gasteiger partial charge on any atom is -0.351 e. The van der Waals surface area contributed by atoms with E-state index in [9.17, 15) is 9.59 Å². The fourth-order valence-electron chi connectivity index (χ4n) is 6.34. The molecule has 0 aliphatic carbocycles. The number of rotatable bonds is 10. The fraction of sp³-hybridized carbons (Fsp3) is 0.371. The third-order valence-corrected chi connectivity index (χ3v) is 9.01. The normalized spacial score (nSPS) is 16.2. The summed E-state index contributed by atoms with van der Waals surface area (Å²) in [6, 6.07) is 19.2. The lowest BCUT2D eigenvalue weighted by atomic mass is 10.1. The highest BCUT2D eigenvalue weighted by Crippen LogP contribution is 2.26. The minimum absolute atomic E-state index is 0.0659. The van der Waals surface area contributed by atoms with E-state index in [2.05, 4.69) is 35.7 Å². The monoisotopic (exact) mass is 619 g/mol. The Balaban J connectivity index is 0.978. The average molecular weight is 620 g/mol. The van der Waals surface area contributed by atoms with E-state index in [4.69, 9.17) is 9.97 Å². The van der Waals surface area contributed by atoms with Crippen LogP contribution in [0.3, 0.4) is 0 Å². The molecule has 2 amide bonds. The second kappa shape index (κ2) is 13.8. The van der Waals surface area contributed by atoms with Gasteiger partial charge in [0.15, 0.2) is 0 Å². The van der Waals surface area contributed by atoms with E-state index >= 15 is 0 Å². The van der Waals surface area contributed by atoms with Crippen molar-refractivity contribution in [2.45, 2.75) is 19.3 Å². The Labute approximate surface area is 268 Å². The van der Waals surface area contributed by atoms with Crippen molar-refractivity contribution in [2.24, 2.45) is 0 Å². The molecule has 2 saturated heterocycles. The van der Waals surface area contributed by atoms with Gasteiger partial charge in [0.2, 0.25) is 0 Å². The number of hydrogen-bond acceptors (Lipinski definition) is 7. The topological polar surface area (TPSA) is 134 Å². The summed E-state index contributed by atoms with van der Waals surface area (Å²) >= 11 is 0. The van der Waals surface area contributed by atoms with Gasteiger partial charge in [0, 0.05) is 74.6 Å². The molecule has 0 spiro atoms. The van der Waals surface area contributed by atoms with Crippen molar-refractivity contribution in [1.82, 2.24) is 45.7 Å². The number of aromatic amines is 2. The number of carbonyl (C=O) groups is 2. The van der Waals surface area contributed by atoms with Gasteiger partial charge in [-0.2, -0.15) is 0 Å². The summed E-state index contributed by atoms with van der Waals surface area (Å²) in [5.41, 5.74) is 6.36. The number of piperazine rings is 1. The molecule has 5 N–H and O–H groups in total. The first kappa shape index (κ1) is 30.1. The lowest BCUT2D eigenvalue weighted by Crippen LogP contribution is -2.46. The molecule has 0 saturated carbocycles. The van der Waals surface area contributed by atoms with Gasteiger partial charge in [0.05, 0.1) is 22.1 Å². The van der Waals surface area contributed by atoms with E-state index in [1.165, 1.54) is 19.3 Å². The maximum atomic E-state index is 12.8. The van der Waals surface area contributed by atoms with Crippen LogP contribution in [-0.2, 0) is 0 Å². The lowest BCUT2D eigenvalue weighted by Gasteiger charge is -2.27. The summed E-state index contributed by atoms with van der Waals surface area (Å²) < 4.78 is 0. The molecule has 0 atom stereocenters. The van der Waals surface area contributed by atoms with E-state index in [0.29, 0.717) is 24.2 Å². The maximum absolute atomic E-state index is 12.8. The average Bonchev–Trinajstić information content (AvgIpc) is 3.73. The molecular weight excluding hydrogens is 578 g/mol. The van der Waals surface area contributed by atoms with Crippen LogP contribution in [0.15, 0.2) is 60.7 Å². The van der Waals surface area contributed by atoms with Gasteiger partial charge in [-0.15, -0.1) is 0 Å². The molecule has 46 heavy (non-hydrogen) atoms. The molecule has 2 aromatic heterocycles. The van der Waals surface area contributed by atoms with Crippen molar-refractivity contribution in [3.63, 3.8) is 0 Å². The minimum atomic E-state index is -0.0796. The molecule has 2 fully saturated rings. The molecule has 11 nitrogen and oxygen atoms in total. The molecule has 0 radical (unpaired) electrons. The predicted molar refractivity (Wildman–Crippen MR) is 181 cm³/mol. The standard InChI is InChI=1S/C35H41N9O2/c45-34(37-14-20-43-16-2-1-3-17-43)26-8-10-28-30(22-26)41-32(39-28)24-4-6-25(7-5-24)33-40-29-11-9-27(23-31(29)42-33)35(46)38-15-21-44-18-12-36-13-19-44/h4-11,22-23,36H,1-3,12-21H2,(H,37,45)(H,38,46)(H,39,41)(H,40,42). The number of nitrogens with zero attached hydrogens (tertiary/aromatic N) is 4. The van der Waals surface area contributed by atoms with Crippen molar-refractivity contribution in [3.8, 4) is 22.8 Å². The number of benzene rings is 3. The van der Waals surface area contributed by atoms with Crippen molar-refractivity contribution in [1.29, 1.82) is 0 Å². The van der Waals surface area contributed by atoms with E-state index < -0.39 is 0 Å². The highest BCUT2D eigenvalue weighted by Gasteiger charge is 2.15. The first-order valence-corrected chi connectivity index (χ1v) is 16.4. The molecule has 238 valence electrons. The molecule has 0 bridgehead atoms. The van der Waals surface area contributed by atoms with E-state index in [-0.39, 0.29) is 11.8 Å². The van der Waals surface area contributed by atoms with Gasteiger partial charge in [-0.25, -0.2) is 9.97 Å². The maximum Gasteiger partial charge on any atom is 0.251 e. The number of nitrogens with one attached hydrogen (secondary N) is 5. The van der Waals surface area contributed by atoms with Crippen molar-refractivity contribution < 1.29 is 9.59 Å². The Kier molecular flexibility index (Phi) is 9.04. The predicted octanol–water partition coefficient (Wildman–Crippen LogP) is 3.62. The Morgan fingerprint density at radius 3 is 1.61 bits per heavy atom.